The van der Waals surface area contributed by atoms with E-state index in [-0.39, 0.29) is 5.97 Å². The van der Waals surface area contributed by atoms with Crippen LogP contribution in [-0.4, -0.2) is 12.6 Å². The van der Waals surface area contributed by atoms with Crippen LogP contribution in [0.15, 0.2) is 0 Å². The minimum absolute atomic E-state index is 0.0443. The van der Waals surface area contributed by atoms with Crippen molar-refractivity contribution in [2.75, 3.05) is 6.61 Å². The predicted octanol–water partition coefficient (Wildman–Crippen LogP) is 4.18. The van der Waals surface area contributed by atoms with Crippen LogP contribution < -0.4 is 0 Å². The van der Waals surface area contributed by atoms with Gasteiger partial charge in [-0.1, -0.05) is 53.4 Å². The fourth-order valence-electron chi connectivity index (χ4n) is 1.59. The normalized spacial score (nSPS) is 11.1. The molecule has 2 heteroatoms. The van der Waals surface area contributed by atoms with Crippen LogP contribution in [0, 0.1) is 11.8 Å². The van der Waals surface area contributed by atoms with E-state index in [1.54, 1.807) is 0 Å². The van der Waals surface area contributed by atoms with Gasteiger partial charge in [0.1, 0.15) is 0 Å². The summed E-state index contributed by atoms with van der Waals surface area (Å²) in [6, 6.07) is 0. The number of ether oxygens (including phenoxy) is 1. The average Bonchev–Trinajstić information content (AvgIpc) is 2.14. The molecule has 0 bridgehead atoms. The summed E-state index contributed by atoms with van der Waals surface area (Å²) in [6.45, 7) is 9.19. The molecule has 0 aliphatic carbocycles. The number of unbranched alkanes of at least 4 members (excludes halogenated alkanes) is 3. The van der Waals surface area contributed by atoms with E-state index in [9.17, 15) is 4.79 Å². The molecule has 0 fully saturated rings. The summed E-state index contributed by atoms with van der Waals surface area (Å²) in [6.07, 6.45) is 6.63. The molecule has 96 valence electrons. The molecule has 0 unspecified atom stereocenters. The smallest absolute Gasteiger partial charge is 0.306 e. The lowest BCUT2D eigenvalue weighted by Gasteiger charge is -2.07. The fourth-order valence-corrected chi connectivity index (χ4v) is 1.59. The summed E-state index contributed by atoms with van der Waals surface area (Å²) in [5.74, 6) is 1.17. The van der Waals surface area contributed by atoms with E-state index in [0.717, 1.165) is 12.3 Å². The Morgan fingerprint density at radius 3 is 2.12 bits per heavy atom. The van der Waals surface area contributed by atoms with E-state index < -0.39 is 0 Å². The van der Waals surface area contributed by atoms with Crippen LogP contribution in [0.25, 0.3) is 0 Å². The van der Waals surface area contributed by atoms with Crippen molar-refractivity contribution in [3.63, 3.8) is 0 Å². The van der Waals surface area contributed by atoms with Gasteiger partial charge >= 0.3 is 5.97 Å². The summed E-state index contributed by atoms with van der Waals surface area (Å²) in [4.78, 5) is 11.2. The Labute approximate surface area is 101 Å². The molecule has 0 heterocycles. The number of rotatable bonds is 9. The molecule has 0 aliphatic heterocycles. The van der Waals surface area contributed by atoms with Crippen molar-refractivity contribution in [1.82, 2.24) is 0 Å². The first-order chi connectivity index (χ1) is 7.52. The lowest BCUT2D eigenvalue weighted by Crippen LogP contribution is -2.08. The van der Waals surface area contributed by atoms with Crippen molar-refractivity contribution < 1.29 is 9.53 Å². The first kappa shape index (κ1) is 15.5. The summed E-state index contributed by atoms with van der Waals surface area (Å²) >= 11 is 0. The van der Waals surface area contributed by atoms with Crippen LogP contribution >= 0.6 is 0 Å². The van der Waals surface area contributed by atoms with Gasteiger partial charge in [-0.15, -0.1) is 0 Å². The monoisotopic (exact) mass is 228 g/mol. The van der Waals surface area contributed by atoms with Gasteiger partial charge in [0.25, 0.3) is 0 Å². The third-order valence-electron chi connectivity index (χ3n) is 2.51. The summed E-state index contributed by atoms with van der Waals surface area (Å²) in [5, 5.41) is 0. The van der Waals surface area contributed by atoms with E-state index in [0.29, 0.717) is 18.9 Å². The Morgan fingerprint density at radius 2 is 1.56 bits per heavy atom. The topological polar surface area (TPSA) is 26.3 Å². The van der Waals surface area contributed by atoms with Crippen LogP contribution in [0.5, 0.6) is 0 Å². The Morgan fingerprint density at radius 1 is 0.938 bits per heavy atom. The molecule has 16 heavy (non-hydrogen) atoms. The molecule has 0 radical (unpaired) electrons. The molecule has 0 N–H and O–H groups in total. The van der Waals surface area contributed by atoms with E-state index in [2.05, 4.69) is 13.8 Å². The molecule has 0 atom stereocenters. The van der Waals surface area contributed by atoms with Gasteiger partial charge in [-0.3, -0.25) is 4.79 Å². The highest BCUT2D eigenvalue weighted by molar-refractivity contribution is 5.69. The zero-order valence-corrected chi connectivity index (χ0v) is 11.4. The Bertz CT molecular complexity index is 174. The highest BCUT2D eigenvalue weighted by atomic mass is 16.5. The van der Waals surface area contributed by atoms with Crippen molar-refractivity contribution in [1.29, 1.82) is 0 Å². The van der Waals surface area contributed by atoms with Gasteiger partial charge in [0.2, 0.25) is 0 Å². The second kappa shape index (κ2) is 9.68. The molecule has 0 spiro atoms. The zero-order chi connectivity index (χ0) is 12.4. The molecule has 0 aromatic carbocycles. The Hall–Kier alpha value is -0.530. The van der Waals surface area contributed by atoms with Gasteiger partial charge in [0.05, 0.1) is 6.61 Å². The molecule has 2 nitrogen and oxygen atoms in total. The maximum absolute atomic E-state index is 11.2. The molecular formula is C14H28O2. The number of hydrogen-bond acceptors (Lipinski definition) is 2. The van der Waals surface area contributed by atoms with Crippen LogP contribution in [0.3, 0.4) is 0 Å². The first-order valence-corrected chi connectivity index (χ1v) is 6.68. The van der Waals surface area contributed by atoms with Crippen LogP contribution in [0.2, 0.25) is 0 Å². The van der Waals surface area contributed by atoms with E-state index in [1.807, 2.05) is 13.8 Å². The van der Waals surface area contributed by atoms with Gasteiger partial charge in [-0.25, -0.2) is 0 Å². The molecule has 0 amide bonds. The van der Waals surface area contributed by atoms with Gasteiger partial charge in [-0.2, -0.15) is 0 Å². The minimum Gasteiger partial charge on any atom is -0.466 e. The van der Waals surface area contributed by atoms with Crippen molar-refractivity contribution in [2.24, 2.45) is 11.8 Å². The average molecular weight is 228 g/mol. The maximum atomic E-state index is 11.2. The van der Waals surface area contributed by atoms with Crippen molar-refractivity contribution >= 4 is 5.97 Å². The predicted molar refractivity (Wildman–Crippen MR) is 68.3 cm³/mol. The number of esters is 1. The van der Waals surface area contributed by atoms with Gasteiger partial charge in [0, 0.05) is 6.42 Å². The molecule has 0 saturated carbocycles. The summed E-state index contributed by atoms with van der Waals surface area (Å²) < 4.78 is 5.14. The quantitative estimate of drug-likeness (QED) is 0.437. The Balaban J connectivity index is 3.18. The highest BCUT2D eigenvalue weighted by Gasteiger charge is 2.05. The third kappa shape index (κ3) is 11.5. The summed E-state index contributed by atoms with van der Waals surface area (Å²) in [7, 11) is 0. The number of carbonyl (C=O) groups is 1. The SMILES string of the molecule is CC(C)CCCCCCOC(=O)CC(C)C. The van der Waals surface area contributed by atoms with Gasteiger partial charge in [0.15, 0.2) is 0 Å². The third-order valence-corrected chi connectivity index (χ3v) is 2.51. The van der Waals surface area contributed by atoms with E-state index in [1.165, 1.54) is 25.7 Å². The van der Waals surface area contributed by atoms with Gasteiger partial charge in [-0.05, 0) is 18.3 Å². The van der Waals surface area contributed by atoms with Crippen LogP contribution in [-0.2, 0) is 9.53 Å². The molecule has 0 aliphatic rings. The largest absolute Gasteiger partial charge is 0.466 e. The van der Waals surface area contributed by atoms with Gasteiger partial charge < -0.3 is 4.74 Å². The van der Waals surface area contributed by atoms with Crippen LogP contribution in [0.4, 0.5) is 0 Å². The zero-order valence-electron chi connectivity index (χ0n) is 11.4. The lowest BCUT2D eigenvalue weighted by molar-refractivity contribution is -0.144. The van der Waals surface area contributed by atoms with Crippen molar-refractivity contribution in [3.05, 3.63) is 0 Å². The highest BCUT2D eigenvalue weighted by Crippen LogP contribution is 2.09. The second-order valence-corrected chi connectivity index (χ2v) is 5.42. The molecule has 0 aromatic rings. The molecular weight excluding hydrogens is 200 g/mol. The van der Waals surface area contributed by atoms with Crippen molar-refractivity contribution in [2.45, 2.75) is 66.2 Å². The van der Waals surface area contributed by atoms with E-state index in [4.69, 9.17) is 4.74 Å². The number of carbonyl (C=O) groups excluding carboxylic acids is 1. The second-order valence-electron chi connectivity index (χ2n) is 5.42. The molecule has 0 aromatic heterocycles. The maximum Gasteiger partial charge on any atom is 0.306 e. The first-order valence-electron chi connectivity index (χ1n) is 6.68. The number of hydrogen-bond donors (Lipinski definition) is 0. The van der Waals surface area contributed by atoms with Crippen molar-refractivity contribution in [3.8, 4) is 0 Å². The lowest BCUT2D eigenvalue weighted by atomic mass is 10.0. The Kier molecular flexibility index (Phi) is 9.36. The van der Waals surface area contributed by atoms with E-state index >= 15 is 0 Å². The molecule has 0 rings (SSSR count). The fraction of sp³-hybridized carbons (Fsp3) is 0.929. The minimum atomic E-state index is -0.0443. The summed E-state index contributed by atoms with van der Waals surface area (Å²) in [5.41, 5.74) is 0. The molecule has 0 saturated heterocycles. The standard InChI is InChI=1S/C14H28O2/c1-12(2)9-7-5-6-8-10-16-14(15)11-13(3)4/h12-13H,5-11H2,1-4H3. The van der Waals surface area contributed by atoms with Crippen LogP contribution in [0.1, 0.15) is 66.2 Å².